The van der Waals surface area contributed by atoms with Gasteiger partial charge in [-0.15, -0.1) is 0 Å². The minimum atomic E-state index is -0.437. The third-order valence-corrected chi connectivity index (χ3v) is 5.38. The van der Waals surface area contributed by atoms with Crippen molar-refractivity contribution < 1.29 is 19.0 Å². The van der Waals surface area contributed by atoms with Crippen molar-refractivity contribution in [2.45, 2.75) is 18.6 Å². The van der Waals surface area contributed by atoms with Crippen molar-refractivity contribution >= 4 is 17.3 Å². The van der Waals surface area contributed by atoms with Crippen molar-refractivity contribution in [3.8, 4) is 0 Å². The summed E-state index contributed by atoms with van der Waals surface area (Å²) in [6.45, 7) is 6.23. The highest BCUT2D eigenvalue weighted by Crippen LogP contribution is 2.31. The Kier molecular flexibility index (Phi) is 5.28. The number of hydrogen-bond acceptors (Lipinski definition) is 6. The first kappa shape index (κ1) is 17.6. The maximum Gasteiger partial charge on any atom is 0.241 e. The standard InChI is InChI=1S/C19H27N3O4/c23-18(22-7-5-19(6-8-22)25-13-14-26-19)15-20-16-3-1-2-4-17(16)21-9-11-24-12-10-21/h1-4,20H,5-15H2. The van der Waals surface area contributed by atoms with E-state index in [0.717, 1.165) is 50.5 Å². The average Bonchev–Trinajstić information content (AvgIpc) is 3.15. The van der Waals surface area contributed by atoms with Crippen molar-refractivity contribution in [2.24, 2.45) is 0 Å². The van der Waals surface area contributed by atoms with Gasteiger partial charge in [-0.05, 0) is 12.1 Å². The molecule has 4 rings (SSSR count). The first-order chi connectivity index (χ1) is 12.8. The van der Waals surface area contributed by atoms with E-state index < -0.39 is 5.79 Å². The number of amides is 1. The van der Waals surface area contributed by atoms with Gasteiger partial charge in [0.15, 0.2) is 5.79 Å². The third kappa shape index (κ3) is 3.79. The van der Waals surface area contributed by atoms with Gasteiger partial charge in [0, 0.05) is 39.0 Å². The molecule has 7 nitrogen and oxygen atoms in total. The first-order valence-corrected chi connectivity index (χ1v) is 9.47. The molecule has 3 aliphatic heterocycles. The maximum absolute atomic E-state index is 12.6. The molecular formula is C19H27N3O4. The first-order valence-electron chi connectivity index (χ1n) is 9.47. The molecule has 1 amide bonds. The fourth-order valence-electron chi connectivity index (χ4n) is 3.87. The summed E-state index contributed by atoms with van der Waals surface area (Å²) in [5.41, 5.74) is 2.13. The molecule has 0 atom stereocenters. The SMILES string of the molecule is O=C(CNc1ccccc1N1CCOCC1)N1CCC2(CC1)OCCO2. The number of para-hydroxylation sites is 2. The van der Waals surface area contributed by atoms with Gasteiger partial charge in [-0.3, -0.25) is 4.79 Å². The van der Waals surface area contributed by atoms with Crippen molar-refractivity contribution in [3.05, 3.63) is 24.3 Å². The Hall–Kier alpha value is -1.83. The van der Waals surface area contributed by atoms with E-state index in [1.54, 1.807) is 0 Å². The summed E-state index contributed by atoms with van der Waals surface area (Å²) in [6.07, 6.45) is 1.51. The molecule has 3 heterocycles. The van der Waals surface area contributed by atoms with E-state index in [9.17, 15) is 4.79 Å². The number of anilines is 2. The van der Waals surface area contributed by atoms with Crippen molar-refractivity contribution in [1.29, 1.82) is 0 Å². The van der Waals surface area contributed by atoms with Crippen LogP contribution in [0.2, 0.25) is 0 Å². The van der Waals surface area contributed by atoms with Crippen LogP contribution >= 0.6 is 0 Å². The van der Waals surface area contributed by atoms with Crippen molar-refractivity contribution in [2.75, 3.05) is 69.4 Å². The number of ether oxygens (including phenoxy) is 3. The molecule has 3 aliphatic rings. The highest BCUT2D eigenvalue weighted by atomic mass is 16.7. The summed E-state index contributed by atoms with van der Waals surface area (Å²) in [7, 11) is 0. The van der Waals surface area contributed by atoms with E-state index >= 15 is 0 Å². The van der Waals surface area contributed by atoms with E-state index in [1.165, 1.54) is 0 Å². The molecule has 1 aromatic rings. The molecule has 0 radical (unpaired) electrons. The summed E-state index contributed by atoms with van der Waals surface area (Å²) < 4.78 is 16.9. The van der Waals surface area contributed by atoms with Crippen LogP contribution < -0.4 is 10.2 Å². The normalized spacial score (nSPS) is 22.6. The second-order valence-electron chi connectivity index (χ2n) is 6.96. The molecule has 0 saturated carbocycles. The van der Waals surface area contributed by atoms with E-state index in [4.69, 9.17) is 14.2 Å². The molecule has 1 spiro atoms. The lowest BCUT2D eigenvalue weighted by molar-refractivity contribution is -0.187. The smallest absolute Gasteiger partial charge is 0.241 e. The number of likely N-dealkylation sites (tertiary alicyclic amines) is 1. The number of carbonyl (C=O) groups excluding carboxylic acids is 1. The molecule has 0 aliphatic carbocycles. The fraction of sp³-hybridized carbons (Fsp3) is 0.632. The molecular weight excluding hydrogens is 334 g/mol. The summed E-state index contributed by atoms with van der Waals surface area (Å²) in [5, 5.41) is 3.33. The van der Waals surface area contributed by atoms with Crippen molar-refractivity contribution in [3.63, 3.8) is 0 Å². The molecule has 0 bridgehead atoms. The zero-order valence-corrected chi connectivity index (χ0v) is 15.1. The number of benzene rings is 1. The van der Waals surface area contributed by atoms with Crippen LogP contribution in [0, 0.1) is 0 Å². The number of rotatable bonds is 4. The summed E-state index contributed by atoms with van der Waals surface area (Å²) >= 11 is 0. The predicted molar refractivity (Wildman–Crippen MR) is 98.4 cm³/mol. The molecule has 1 N–H and O–H groups in total. The molecule has 0 unspecified atom stereocenters. The number of hydrogen-bond donors (Lipinski definition) is 1. The second-order valence-corrected chi connectivity index (χ2v) is 6.96. The van der Waals surface area contributed by atoms with Crippen molar-refractivity contribution in [1.82, 2.24) is 4.90 Å². The van der Waals surface area contributed by atoms with E-state index in [-0.39, 0.29) is 5.91 Å². The topological polar surface area (TPSA) is 63.3 Å². The lowest BCUT2D eigenvalue weighted by Crippen LogP contribution is -2.48. The fourth-order valence-corrected chi connectivity index (χ4v) is 3.87. The molecule has 0 aromatic heterocycles. The summed E-state index contributed by atoms with van der Waals surface area (Å²) in [5.74, 6) is -0.317. The Labute approximate surface area is 154 Å². The van der Waals surface area contributed by atoms with E-state index in [0.29, 0.717) is 32.8 Å². The van der Waals surface area contributed by atoms with E-state index in [1.807, 2.05) is 23.1 Å². The number of morpholine rings is 1. The zero-order valence-electron chi connectivity index (χ0n) is 15.1. The van der Waals surface area contributed by atoms with Gasteiger partial charge in [0.05, 0.1) is 44.3 Å². The van der Waals surface area contributed by atoms with Crippen LogP contribution in [0.4, 0.5) is 11.4 Å². The van der Waals surface area contributed by atoms with Crippen LogP contribution in [0.5, 0.6) is 0 Å². The maximum atomic E-state index is 12.6. The van der Waals surface area contributed by atoms with Crippen LogP contribution in [-0.2, 0) is 19.0 Å². The molecule has 1 aromatic carbocycles. The zero-order chi connectivity index (χ0) is 17.8. The van der Waals surface area contributed by atoms with Gasteiger partial charge in [0.2, 0.25) is 5.91 Å². The Morgan fingerprint density at radius 2 is 1.69 bits per heavy atom. The average molecular weight is 361 g/mol. The highest BCUT2D eigenvalue weighted by molar-refractivity contribution is 5.83. The van der Waals surface area contributed by atoms with Crippen LogP contribution in [0.25, 0.3) is 0 Å². The number of nitrogens with one attached hydrogen (secondary N) is 1. The van der Waals surface area contributed by atoms with Gasteiger partial charge in [0.25, 0.3) is 0 Å². The summed E-state index contributed by atoms with van der Waals surface area (Å²) in [6, 6.07) is 8.15. The lowest BCUT2D eigenvalue weighted by Gasteiger charge is -2.37. The number of piperidine rings is 1. The van der Waals surface area contributed by atoms with Gasteiger partial charge in [-0.1, -0.05) is 12.1 Å². The van der Waals surface area contributed by atoms with Crippen LogP contribution in [0.15, 0.2) is 24.3 Å². The quantitative estimate of drug-likeness (QED) is 0.872. The Balaban J connectivity index is 1.32. The summed E-state index contributed by atoms with van der Waals surface area (Å²) in [4.78, 5) is 16.8. The molecule has 142 valence electrons. The van der Waals surface area contributed by atoms with Gasteiger partial charge < -0.3 is 29.3 Å². The number of nitrogens with zero attached hydrogens (tertiary/aromatic N) is 2. The highest BCUT2D eigenvalue weighted by Gasteiger charge is 2.40. The predicted octanol–water partition coefficient (Wildman–Crippen LogP) is 1.30. The largest absolute Gasteiger partial charge is 0.378 e. The second kappa shape index (κ2) is 7.82. The Morgan fingerprint density at radius 3 is 2.42 bits per heavy atom. The third-order valence-electron chi connectivity index (χ3n) is 5.38. The lowest BCUT2D eigenvalue weighted by atomic mass is 10.0. The van der Waals surface area contributed by atoms with Crippen LogP contribution in [-0.4, -0.2) is 75.7 Å². The molecule has 26 heavy (non-hydrogen) atoms. The van der Waals surface area contributed by atoms with Gasteiger partial charge in [-0.25, -0.2) is 0 Å². The van der Waals surface area contributed by atoms with Gasteiger partial charge >= 0.3 is 0 Å². The molecule has 3 fully saturated rings. The van der Waals surface area contributed by atoms with Gasteiger partial charge in [-0.2, -0.15) is 0 Å². The number of carbonyl (C=O) groups is 1. The van der Waals surface area contributed by atoms with E-state index in [2.05, 4.69) is 16.3 Å². The Bertz CT molecular complexity index is 617. The van der Waals surface area contributed by atoms with Gasteiger partial charge in [0.1, 0.15) is 0 Å². The van der Waals surface area contributed by atoms with Crippen LogP contribution in [0.3, 0.4) is 0 Å². The minimum Gasteiger partial charge on any atom is -0.378 e. The monoisotopic (exact) mass is 361 g/mol. The Morgan fingerprint density at radius 1 is 1.00 bits per heavy atom. The minimum absolute atomic E-state index is 0.120. The molecule has 7 heteroatoms. The van der Waals surface area contributed by atoms with Crippen LogP contribution in [0.1, 0.15) is 12.8 Å². The molecule has 3 saturated heterocycles.